The van der Waals surface area contributed by atoms with Crippen molar-refractivity contribution in [2.75, 3.05) is 25.0 Å². The average Bonchev–Trinajstić information content (AvgIpc) is 2.98. The van der Waals surface area contributed by atoms with E-state index < -0.39 is 0 Å². The number of fused-ring (bicyclic) bond motifs is 1. The van der Waals surface area contributed by atoms with Gasteiger partial charge in [0.1, 0.15) is 15.8 Å². The number of rotatable bonds is 9. The van der Waals surface area contributed by atoms with Gasteiger partial charge in [-0.3, -0.25) is 18.9 Å². The summed E-state index contributed by atoms with van der Waals surface area (Å²) in [5.74, 6) is 0.198. The number of carbonyl (C=O) groups excluding carboxylic acids is 1. The molecule has 1 aliphatic rings. The molecule has 0 radical (unpaired) electrons. The molecular formula is C21H24N4O3S2. The highest BCUT2D eigenvalue weighted by atomic mass is 32.2. The predicted molar refractivity (Wildman–Crippen MR) is 126 cm³/mol. The Kier molecular flexibility index (Phi) is 7.41. The number of aromatic nitrogens is 2. The van der Waals surface area contributed by atoms with Gasteiger partial charge in [-0.15, -0.1) is 6.58 Å². The minimum absolute atomic E-state index is 0.168. The Morgan fingerprint density at radius 3 is 2.90 bits per heavy atom. The van der Waals surface area contributed by atoms with Crippen molar-refractivity contribution in [3.8, 4) is 0 Å². The van der Waals surface area contributed by atoms with Crippen LogP contribution >= 0.6 is 24.0 Å². The van der Waals surface area contributed by atoms with E-state index in [9.17, 15) is 9.59 Å². The number of hydrogen-bond acceptors (Lipinski definition) is 7. The fourth-order valence-corrected chi connectivity index (χ4v) is 4.14. The normalized spacial score (nSPS) is 15.6. The van der Waals surface area contributed by atoms with Crippen molar-refractivity contribution in [3.63, 3.8) is 0 Å². The summed E-state index contributed by atoms with van der Waals surface area (Å²) in [5.41, 5.74) is 0.595. The van der Waals surface area contributed by atoms with Gasteiger partial charge >= 0.3 is 0 Å². The van der Waals surface area contributed by atoms with Crippen LogP contribution in [0.4, 0.5) is 5.82 Å². The molecule has 3 rings (SSSR count). The van der Waals surface area contributed by atoms with Crippen LogP contribution in [0.3, 0.4) is 0 Å². The molecule has 7 nitrogen and oxygen atoms in total. The van der Waals surface area contributed by atoms with Crippen molar-refractivity contribution in [3.05, 3.63) is 57.9 Å². The van der Waals surface area contributed by atoms with E-state index in [-0.39, 0.29) is 17.6 Å². The molecule has 2 aromatic heterocycles. The van der Waals surface area contributed by atoms with Crippen molar-refractivity contribution < 1.29 is 9.53 Å². The maximum absolute atomic E-state index is 13.1. The lowest BCUT2D eigenvalue weighted by Gasteiger charge is -2.12. The Morgan fingerprint density at radius 2 is 2.17 bits per heavy atom. The number of amides is 1. The number of carbonyl (C=O) groups is 1. The number of anilines is 1. The highest BCUT2D eigenvalue weighted by Gasteiger charge is 2.31. The minimum atomic E-state index is -0.254. The zero-order chi connectivity index (χ0) is 21.7. The summed E-state index contributed by atoms with van der Waals surface area (Å²) in [5, 5.41) is 3.22. The molecule has 9 heteroatoms. The molecule has 1 N–H and O–H groups in total. The first-order chi connectivity index (χ1) is 14.4. The molecule has 0 bridgehead atoms. The molecular weight excluding hydrogens is 420 g/mol. The second kappa shape index (κ2) is 10.0. The number of thiocarbonyl (C=S) groups is 1. The first-order valence-corrected chi connectivity index (χ1v) is 10.9. The lowest BCUT2D eigenvalue weighted by Crippen LogP contribution is -2.28. The smallest absolute Gasteiger partial charge is 0.267 e. The lowest BCUT2D eigenvalue weighted by molar-refractivity contribution is -0.121. The summed E-state index contributed by atoms with van der Waals surface area (Å²) >= 11 is 6.46. The molecule has 30 heavy (non-hydrogen) atoms. The van der Waals surface area contributed by atoms with E-state index in [2.05, 4.69) is 16.9 Å². The standard InChI is InChI=1S/C21H24N4O3S2/c1-4-10-25-20(27)16(30-21(25)29)13-15-18(22-9-7-12-28-14(2)3)23-17-8-5-6-11-24(17)19(15)26/h4-6,8,11,13-14,22H,1,7,9-10,12H2,2-3H3. The number of thioether (sulfide) groups is 1. The zero-order valence-electron chi connectivity index (χ0n) is 17.0. The molecule has 0 aromatic carbocycles. The third-order valence-electron chi connectivity index (χ3n) is 4.29. The van der Waals surface area contributed by atoms with E-state index in [1.54, 1.807) is 30.5 Å². The fourth-order valence-electron chi connectivity index (χ4n) is 2.88. The monoisotopic (exact) mass is 444 g/mol. The van der Waals surface area contributed by atoms with Crippen LogP contribution < -0.4 is 10.9 Å². The van der Waals surface area contributed by atoms with E-state index in [1.807, 2.05) is 19.9 Å². The van der Waals surface area contributed by atoms with E-state index in [4.69, 9.17) is 17.0 Å². The SMILES string of the molecule is C=CCN1C(=O)C(=Cc2c(NCCCOC(C)C)nc3ccccn3c2=O)SC1=S. The summed E-state index contributed by atoms with van der Waals surface area (Å²) in [6, 6.07) is 5.35. The van der Waals surface area contributed by atoms with Crippen molar-refractivity contribution >= 4 is 51.7 Å². The number of hydrogen-bond donors (Lipinski definition) is 1. The second-order valence-electron chi connectivity index (χ2n) is 6.89. The van der Waals surface area contributed by atoms with Gasteiger partial charge in [0, 0.05) is 25.9 Å². The lowest BCUT2D eigenvalue weighted by atomic mass is 10.2. The van der Waals surface area contributed by atoms with Crippen LogP contribution in [0.15, 0.2) is 46.8 Å². The molecule has 0 spiro atoms. The van der Waals surface area contributed by atoms with Crippen molar-refractivity contribution in [1.29, 1.82) is 0 Å². The molecule has 0 aliphatic carbocycles. The van der Waals surface area contributed by atoms with Crippen LogP contribution in [-0.4, -0.2) is 50.3 Å². The largest absolute Gasteiger partial charge is 0.379 e. The third kappa shape index (κ3) is 4.97. The predicted octanol–water partition coefficient (Wildman–Crippen LogP) is 3.31. The van der Waals surface area contributed by atoms with Gasteiger partial charge in [0.25, 0.3) is 11.5 Å². The van der Waals surface area contributed by atoms with Gasteiger partial charge in [0.15, 0.2) is 0 Å². The highest BCUT2D eigenvalue weighted by molar-refractivity contribution is 8.26. The molecule has 3 heterocycles. The van der Waals surface area contributed by atoms with Crippen LogP contribution in [-0.2, 0) is 9.53 Å². The summed E-state index contributed by atoms with van der Waals surface area (Å²) in [6.45, 7) is 9.15. The number of nitrogens with zero attached hydrogens (tertiary/aromatic N) is 3. The van der Waals surface area contributed by atoms with E-state index >= 15 is 0 Å². The van der Waals surface area contributed by atoms with E-state index in [0.717, 1.165) is 6.42 Å². The molecule has 0 saturated carbocycles. The van der Waals surface area contributed by atoms with Gasteiger partial charge in [0.05, 0.1) is 16.6 Å². The van der Waals surface area contributed by atoms with Gasteiger partial charge in [0.2, 0.25) is 0 Å². The summed E-state index contributed by atoms with van der Waals surface area (Å²) in [4.78, 5) is 32.3. The Bertz CT molecular complexity index is 1060. The second-order valence-corrected chi connectivity index (χ2v) is 8.56. The van der Waals surface area contributed by atoms with Crippen LogP contribution in [0.1, 0.15) is 25.8 Å². The Hall–Kier alpha value is -2.49. The van der Waals surface area contributed by atoms with Gasteiger partial charge in [-0.25, -0.2) is 4.98 Å². The van der Waals surface area contributed by atoms with Crippen molar-refractivity contribution in [2.24, 2.45) is 0 Å². The molecule has 1 fully saturated rings. The number of nitrogens with one attached hydrogen (secondary N) is 1. The van der Waals surface area contributed by atoms with Crippen LogP contribution in [0.25, 0.3) is 11.7 Å². The molecule has 1 saturated heterocycles. The zero-order valence-corrected chi connectivity index (χ0v) is 18.6. The van der Waals surface area contributed by atoms with Crippen LogP contribution in [0, 0.1) is 0 Å². The van der Waals surface area contributed by atoms with Gasteiger partial charge in [-0.1, -0.05) is 36.1 Å². The van der Waals surface area contributed by atoms with Crippen LogP contribution in [0.5, 0.6) is 0 Å². The summed E-state index contributed by atoms with van der Waals surface area (Å²) in [7, 11) is 0. The topological polar surface area (TPSA) is 75.9 Å². The Balaban J connectivity index is 1.94. The number of ether oxygens (including phenoxy) is 1. The third-order valence-corrected chi connectivity index (χ3v) is 5.67. The Morgan fingerprint density at radius 1 is 1.37 bits per heavy atom. The molecule has 1 aliphatic heterocycles. The maximum Gasteiger partial charge on any atom is 0.267 e. The molecule has 158 valence electrons. The Labute approximate surface area is 184 Å². The van der Waals surface area contributed by atoms with Gasteiger partial charge in [-0.05, 0) is 38.5 Å². The van der Waals surface area contributed by atoms with E-state index in [1.165, 1.54) is 21.1 Å². The number of pyridine rings is 1. The first kappa shape index (κ1) is 22.2. The maximum atomic E-state index is 13.1. The van der Waals surface area contributed by atoms with Gasteiger partial charge in [-0.2, -0.15) is 0 Å². The van der Waals surface area contributed by atoms with Crippen LogP contribution in [0.2, 0.25) is 0 Å². The average molecular weight is 445 g/mol. The highest BCUT2D eigenvalue weighted by Crippen LogP contribution is 2.32. The minimum Gasteiger partial charge on any atom is -0.379 e. The molecule has 1 amide bonds. The molecule has 2 aromatic rings. The summed E-state index contributed by atoms with van der Waals surface area (Å²) < 4.78 is 7.46. The van der Waals surface area contributed by atoms with Crippen molar-refractivity contribution in [2.45, 2.75) is 26.4 Å². The quantitative estimate of drug-likeness (QED) is 0.275. The fraction of sp³-hybridized carbons (Fsp3) is 0.333. The summed E-state index contributed by atoms with van der Waals surface area (Å²) in [6.07, 6.45) is 5.78. The van der Waals surface area contributed by atoms with Gasteiger partial charge < -0.3 is 10.1 Å². The van der Waals surface area contributed by atoms with Crippen molar-refractivity contribution in [1.82, 2.24) is 14.3 Å². The first-order valence-electron chi connectivity index (χ1n) is 9.65. The molecule has 0 unspecified atom stereocenters. The van der Waals surface area contributed by atoms with E-state index in [0.29, 0.717) is 46.0 Å². The molecule has 0 atom stereocenters.